The molecule has 0 aliphatic rings. The molecule has 3 rings (SSSR count). The molecule has 3 aromatic rings. The van der Waals surface area contributed by atoms with Crippen LogP contribution in [0.1, 0.15) is 21.6 Å². The van der Waals surface area contributed by atoms with Gasteiger partial charge in [-0.15, -0.1) is 0 Å². The zero-order chi connectivity index (χ0) is 17.8. The van der Waals surface area contributed by atoms with Gasteiger partial charge in [0.25, 0.3) is 5.91 Å². The van der Waals surface area contributed by atoms with Crippen molar-refractivity contribution >= 4 is 11.6 Å². The van der Waals surface area contributed by atoms with Crippen LogP contribution in [-0.4, -0.2) is 15.5 Å². The number of halogens is 1. The third-order valence-electron chi connectivity index (χ3n) is 3.72. The van der Waals surface area contributed by atoms with Crippen LogP contribution in [0.2, 0.25) is 0 Å². The standard InChI is InChI=1S/C19H16FN3O2/c1-23-12-16(7-9-18(23)24)22-19(25)17-8-4-14(11-21-17)10-13-2-5-15(20)6-3-13/h2-9,11-12H,10H2,1H3,(H,22,25). The Labute approximate surface area is 143 Å². The van der Waals surface area contributed by atoms with Crippen LogP contribution in [-0.2, 0) is 13.5 Å². The van der Waals surface area contributed by atoms with Gasteiger partial charge in [-0.05, 0) is 41.8 Å². The Morgan fingerprint density at radius 2 is 1.80 bits per heavy atom. The average molecular weight is 337 g/mol. The van der Waals surface area contributed by atoms with Gasteiger partial charge < -0.3 is 9.88 Å². The summed E-state index contributed by atoms with van der Waals surface area (Å²) < 4.78 is 14.3. The molecule has 126 valence electrons. The number of aromatic nitrogens is 2. The Bertz CT molecular complexity index is 948. The van der Waals surface area contributed by atoms with Crippen LogP contribution in [0, 0.1) is 5.82 Å². The lowest BCUT2D eigenvalue weighted by atomic mass is 10.1. The first kappa shape index (κ1) is 16.6. The van der Waals surface area contributed by atoms with E-state index in [0.29, 0.717) is 12.1 Å². The molecule has 1 amide bonds. The first-order valence-electron chi connectivity index (χ1n) is 7.69. The minimum atomic E-state index is -0.355. The van der Waals surface area contributed by atoms with E-state index in [-0.39, 0.29) is 23.0 Å². The largest absolute Gasteiger partial charge is 0.319 e. The molecule has 0 spiro atoms. The van der Waals surface area contributed by atoms with Crippen molar-refractivity contribution in [2.75, 3.05) is 5.32 Å². The summed E-state index contributed by atoms with van der Waals surface area (Å²) in [6.45, 7) is 0. The van der Waals surface area contributed by atoms with Crippen LogP contribution in [0.15, 0.2) is 65.7 Å². The Kier molecular flexibility index (Phi) is 4.70. The Morgan fingerprint density at radius 3 is 2.44 bits per heavy atom. The number of nitrogens with one attached hydrogen (secondary N) is 1. The van der Waals surface area contributed by atoms with E-state index in [9.17, 15) is 14.0 Å². The van der Waals surface area contributed by atoms with Crippen molar-refractivity contribution in [1.82, 2.24) is 9.55 Å². The van der Waals surface area contributed by atoms with Gasteiger partial charge in [0.1, 0.15) is 11.5 Å². The fourth-order valence-corrected chi connectivity index (χ4v) is 2.36. The van der Waals surface area contributed by atoms with Crippen LogP contribution < -0.4 is 10.9 Å². The second-order valence-electron chi connectivity index (χ2n) is 5.68. The maximum Gasteiger partial charge on any atom is 0.274 e. The molecule has 5 nitrogen and oxygen atoms in total. The molecular weight excluding hydrogens is 321 g/mol. The van der Waals surface area contributed by atoms with Crippen molar-refractivity contribution in [3.05, 3.63) is 93.9 Å². The van der Waals surface area contributed by atoms with Gasteiger partial charge in [0, 0.05) is 25.5 Å². The van der Waals surface area contributed by atoms with E-state index in [4.69, 9.17) is 0 Å². The molecule has 0 aliphatic carbocycles. The molecule has 2 aromatic heterocycles. The van der Waals surface area contributed by atoms with Gasteiger partial charge in [-0.1, -0.05) is 18.2 Å². The highest BCUT2D eigenvalue weighted by molar-refractivity contribution is 6.02. The number of carbonyl (C=O) groups is 1. The van der Waals surface area contributed by atoms with Gasteiger partial charge in [0.05, 0.1) is 5.69 Å². The van der Waals surface area contributed by atoms with Gasteiger partial charge in [-0.25, -0.2) is 4.39 Å². The molecule has 2 heterocycles. The highest BCUT2D eigenvalue weighted by atomic mass is 19.1. The van der Waals surface area contributed by atoms with Crippen molar-refractivity contribution in [3.63, 3.8) is 0 Å². The fraction of sp³-hybridized carbons (Fsp3) is 0.105. The molecular formula is C19H16FN3O2. The Balaban J connectivity index is 1.68. The van der Waals surface area contributed by atoms with Crippen LogP contribution in [0.4, 0.5) is 10.1 Å². The summed E-state index contributed by atoms with van der Waals surface area (Å²) in [6.07, 6.45) is 3.78. The number of hydrogen-bond acceptors (Lipinski definition) is 3. The Morgan fingerprint density at radius 1 is 1.08 bits per heavy atom. The van der Waals surface area contributed by atoms with E-state index in [2.05, 4.69) is 10.3 Å². The number of aryl methyl sites for hydroxylation is 1. The molecule has 1 aromatic carbocycles. The van der Waals surface area contributed by atoms with Gasteiger partial charge in [-0.3, -0.25) is 14.6 Å². The first-order chi connectivity index (χ1) is 12.0. The van der Waals surface area contributed by atoms with Crippen LogP contribution in [0.3, 0.4) is 0 Å². The van der Waals surface area contributed by atoms with Crippen molar-refractivity contribution in [3.8, 4) is 0 Å². The van der Waals surface area contributed by atoms with Gasteiger partial charge >= 0.3 is 0 Å². The zero-order valence-corrected chi connectivity index (χ0v) is 13.6. The van der Waals surface area contributed by atoms with Crippen molar-refractivity contribution in [1.29, 1.82) is 0 Å². The van der Waals surface area contributed by atoms with E-state index in [1.165, 1.54) is 22.8 Å². The summed E-state index contributed by atoms with van der Waals surface area (Å²) >= 11 is 0. The number of hydrogen-bond donors (Lipinski definition) is 1. The number of amides is 1. The number of rotatable bonds is 4. The summed E-state index contributed by atoms with van der Waals surface area (Å²) in [5.74, 6) is -0.626. The molecule has 0 atom stereocenters. The van der Waals surface area contributed by atoms with Gasteiger partial charge in [0.2, 0.25) is 5.56 Å². The third-order valence-corrected chi connectivity index (χ3v) is 3.72. The normalized spacial score (nSPS) is 10.5. The second kappa shape index (κ2) is 7.09. The molecule has 0 aliphatic heterocycles. The number of anilines is 1. The van der Waals surface area contributed by atoms with Crippen LogP contribution >= 0.6 is 0 Å². The molecule has 0 radical (unpaired) electrons. The quantitative estimate of drug-likeness (QED) is 0.796. The first-order valence-corrected chi connectivity index (χ1v) is 7.69. The average Bonchev–Trinajstić information content (AvgIpc) is 2.61. The number of pyridine rings is 2. The Hall–Kier alpha value is -3.28. The van der Waals surface area contributed by atoms with E-state index in [1.54, 1.807) is 43.7 Å². The molecule has 6 heteroatoms. The summed E-state index contributed by atoms with van der Waals surface area (Å²) in [4.78, 5) is 27.7. The zero-order valence-electron chi connectivity index (χ0n) is 13.6. The van der Waals surface area contributed by atoms with Gasteiger partial charge in [-0.2, -0.15) is 0 Å². The van der Waals surface area contributed by atoms with Crippen molar-refractivity contribution in [2.45, 2.75) is 6.42 Å². The fourth-order valence-electron chi connectivity index (χ4n) is 2.36. The number of carbonyl (C=O) groups excluding carboxylic acids is 1. The lowest BCUT2D eigenvalue weighted by Gasteiger charge is -2.07. The molecule has 0 bridgehead atoms. The SMILES string of the molecule is Cn1cc(NC(=O)c2ccc(Cc3ccc(F)cc3)cn2)ccc1=O. The van der Waals surface area contributed by atoms with E-state index < -0.39 is 0 Å². The van der Waals surface area contributed by atoms with Gasteiger partial charge in [0.15, 0.2) is 0 Å². The highest BCUT2D eigenvalue weighted by Gasteiger charge is 2.08. The summed E-state index contributed by atoms with van der Waals surface area (Å²) in [5.41, 5.74) is 2.53. The number of benzene rings is 1. The molecule has 0 saturated heterocycles. The highest BCUT2D eigenvalue weighted by Crippen LogP contribution is 2.11. The molecule has 0 fully saturated rings. The lowest BCUT2D eigenvalue weighted by molar-refractivity contribution is 0.102. The number of nitrogens with zero attached hydrogens (tertiary/aromatic N) is 2. The molecule has 1 N–H and O–H groups in total. The van der Waals surface area contributed by atoms with E-state index in [1.807, 2.05) is 6.07 Å². The second-order valence-corrected chi connectivity index (χ2v) is 5.68. The van der Waals surface area contributed by atoms with Crippen LogP contribution in [0.5, 0.6) is 0 Å². The van der Waals surface area contributed by atoms with E-state index >= 15 is 0 Å². The third kappa shape index (κ3) is 4.17. The van der Waals surface area contributed by atoms with E-state index in [0.717, 1.165) is 11.1 Å². The molecule has 0 unspecified atom stereocenters. The lowest BCUT2D eigenvalue weighted by Crippen LogP contribution is -2.18. The maximum absolute atomic E-state index is 12.9. The minimum Gasteiger partial charge on any atom is -0.319 e. The van der Waals surface area contributed by atoms with Crippen molar-refractivity contribution < 1.29 is 9.18 Å². The smallest absolute Gasteiger partial charge is 0.274 e. The maximum atomic E-state index is 12.9. The van der Waals surface area contributed by atoms with Crippen molar-refractivity contribution in [2.24, 2.45) is 7.05 Å². The predicted octanol–water partition coefficient (Wildman–Crippen LogP) is 2.76. The molecule has 0 saturated carbocycles. The predicted molar refractivity (Wildman–Crippen MR) is 93.1 cm³/mol. The summed E-state index contributed by atoms with van der Waals surface area (Å²) in [7, 11) is 1.61. The topological polar surface area (TPSA) is 64.0 Å². The minimum absolute atomic E-state index is 0.152. The monoisotopic (exact) mass is 337 g/mol. The summed E-state index contributed by atoms with van der Waals surface area (Å²) in [5, 5.41) is 2.70. The molecule has 25 heavy (non-hydrogen) atoms. The van der Waals surface area contributed by atoms with Crippen LogP contribution in [0.25, 0.3) is 0 Å². The summed E-state index contributed by atoms with van der Waals surface area (Å²) in [6, 6.07) is 12.6.